The molecule has 1 aliphatic rings. The molecule has 11 aromatic rings. The Bertz CT molecular complexity index is 3600. The van der Waals surface area contributed by atoms with E-state index >= 15 is 0 Å². The zero-order valence-corrected chi connectivity index (χ0v) is 33.5. The summed E-state index contributed by atoms with van der Waals surface area (Å²) >= 11 is 1.86. The zero-order chi connectivity index (χ0) is 39.6. The summed E-state index contributed by atoms with van der Waals surface area (Å²) in [7, 11) is 0. The molecular formula is C56H37N3S. The Morgan fingerprint density at radius 1 is 0.450 bits per heavy atom. The lowest BCUT2D eigenvalue weighted by atomic mass is 9.97. The summed E-state index contributed by atoms with van der Waals surface area (Å²) in [5.74, 6) is 0.727. The lowest BCUT2D eigenvalue weighted by Gasteiger charge is -2.17. The Hall–Kier alpha value is -7.40. The summed E-state index contributed by atoms with van der Waals surface area (Å²) < 4.78 is 4.98. The van der Waals surface area contributed by atoms with Gasteiger partial charge < -0.3 is 4.57 Å². The number of aromatic nitrogens is 1. The topological polar surface area (TPSA) is 29.6 Å². The number of aliphatic imine (C=N–C) groups is 2. The summed E-state index contributed by atoms with van der Waals surface area (Å²) in [6, 6.07) is 70.1. The molecule has 0 aliphatic carbocycles. The minimum absolute atomic E-state index is 0.727. The van der Waals surface area contributed by atoms with Crippen molar-refractivity contribution in [3.8, 4) is 16.8 Å². The van der Waals surface area contributed by atoms with Crippen LogP contribution in [0, 0.1) is 0 Å². The van der Waals surface area contributed by atoms with Crippen LogP contribution in [0.1, 0.15) is 29.5 Å². The van der Waals surface area contributed by atoms with Crippen LogP contribution in [0.2, 0.25) is 0 Å². The van der Waals surface area contributed by atoms with Crippen molar-refractivity contribution < 1.29 is 0 Å². The van der Waals surface area contributed by atoms with Gasteiger partial charge in [0.1, 0.15) is 0 Å². The van der Waals surface area contributed by atoms with Crippen molar-refractivity contribution in [2.75, 3.05) is 0 Å². The van der Waals surface area contributed by atoms with Crippen LogP contribution in [0.4, 0.5) is 0 Å². The first-order valence-electron chi connectivity index (χ1n) is 20.6. The van der Waals surface area contributed by atoms with Crippen molar-refractivity contribution in [3.63, 3.8) is 0 Å². The fourth-order valence-corrected chi connectivity index (χ4v) is 10.5. The van der Waals surface area contributed by atoms with Gasteiger partial charge in [0.25, 0.3) is 0 Å². The molecular weight excluding hydrogens is 747 g/mol. The molecule has 3 nitrogen and oxygen atoms in total. The van der Waals surface area contributed by atoms with E-state index in [9.17, 15) is 0 Å². The molecule has 0 radical (unpaired) electrons. The molecule has 9 aromatic carbocycles. The van der Waals surface area contributed by atoms with Crippen molar-refractivity contribution >= 4 is 92.1 Å². The molecule has 0 amide bonds. The van der Waals surface area contributed by atoms with Gasteiger partial charge in [-0.25, -0.2) is 9.98 Å². The van der Waals surface area contributed by atoms with Gasteiger partial charge in [0, 0.05) is 42.1 Å². The molecule has 1 aliphatic heterocycles. The van der Waals surface area contributed by atoms with Crippen molar-refractivity contribution in [3.05, 3.63) is 217 Å². The first-order chi connectivity index (χ1) is 29.7. The van der Waals surface area contributed by atoms with Gasteiger partial charge in [0.05, 0.1) is 28.1 Å². The molecule has 0 N–H and O–H groups in total. The van der Waals surface area contributed by atoms with Crippen molar-refractivity contribution in [1.82, 2.24) is 4.57 Å². The van der Waals surface area contributed by atoms with Crippen molar-refractivity contribution in [1.29, 1.82) is 0 Å². The third kappa shape index (κ3) is 5.71. The molecule has 3 heterocycles. The van der Waals surface area contributed by atoms with E-state index in [2.05, 4.69) is 205 Å². The van der Waals surface area contributed by atoms with Gasteiger partial charge in [-0.2, -0.15) is 0 Å². The van der Waals surface area contributed by atoms with E-state index in [1.807, 2.05) is 11.3 Å². The molecule has 282 valence electrons. The van der Waals surface area contributed by atoms with Crippen molar-refractivity contribution in [2.45, 2.75) is 12.8 Å². The minimum Gasteiger partial charge on any atom is -0.309 e. The molecule has 4 heteroatoms. The van der Waals surface area contributed by atoms with Gasteiger partial charge in [-0.3, -0.25) is 0 Å². The first kappa shape index (κ1) is 34.6. The summed E-state index contributed by atoms with van der Waals surface area (Å²) in [6.45, 7) is 0. The van der Waals surface area contributed by atoms with E-state index in [1.54, 1.807) is 0 Å². The van der Waals surface area contributed by atoms with Crippen LogP contribution in [0.25, 0.3) is 86.0 Å². The predicted octanol–water partition coefficient (Wildman–Crippen LogP) is 15.2. The Labute approximate surface area is 351 Å². The molecule has 0 bridgehead atoms. The smallest absolute Gasteiger partial charge is 0.160 e. The Kier molecular flexibility index (Phi) is 8.17. The summed E-state index contributed by atoms with van der Waals surface area (Å²) in [4.78, 5) is 11.2. The minimum atomic E-state index is 0.727. The van der Waals surface area contributed by atoms with Gasteiger partial charge in [0.15, 0.2) is 5.84 Å². The molecule has 0 spiro atoms. The van der Waals surface area contributed by atoms with Crippen LogP contribution >= 0.6 is 11.3 Å². The summed E-state index contributed by atoms with van der Waals surface area (Å²) in [5.41, 5.74) is 11.2. The quantitative estimate of drug-likeness (QED) is 0.166. The molecule has 60 heavy (non-hydrogen) atoms. The summed E-state index contributed by atoms with van der Waals surface area (Å²) in [6.07, 6.45) is 3.94. The number of hydrogen-bond acceptors (Lipinski definition) is 3. The molecule has 0 saturated heterocycles. The van der Waals surface area contributed by atoms with Gasteiger partial charge >= 0.3 is 0 Å². The highest BCUT2D eigenvalue weighted by atomic mass is 32.1. The van der Waals surface area contributed by atoms with Crippen molar-refractivity contribution in [2.24, 2.45) is 9.98 Å². The fourth-order valence-electron chi connectivity index (χ4n) is 9.26. The SMILES string of the molecule is C1=C(c2ccc(-n3c4ccccc4c4cc5ccccc5cc43)c3c2sc2ccccc23)N=C(c2cccc3ccccc23)N=C(c2cccc(-c3ccccc3)c2)CC1. The highest BCUT2D eigenvalue weighted by Gasteiger charge is 2.22. The van der Waals surface area contributed by atoms with E-state index in [1.165, 1.54) is 75.0 Å². The number of allylic oxidation sites excluding steroid dienone is 1. The van der Waals surface area contributed by atoms with Gasteiger partial charge in [-0.15, -0.1) is 11.3 Å². The van der Waals surface area contributed by atoms with Gasteiger partial charge in [0.2, 0.25) is 0 Å². The molecule has 0 saturated carbocycles. The van der Waals surface area contributed by atoms with Gasteiger partial charge in [-0.05, 0) is 93.5 Å². The van der Waals surface area contributed by atoms with Gasteiger partial charge in [-0.1, -0.05) is 158 Å². The third-order valence-corrected chi connectivity index (χ3v) is 13.3. The van der Waals surface area contributed by atoms with Crippen LogP contribution in [0.15, 0.2) is 210 Å². The molecule has 0 fully saturated rings. The highest BCUT2D eigenvalue weighted by molar-refractivity contribution is 7.26. The Balaban J connectivity index is 1.09. The maximum atomic E-state index is 5.62. The van der Waals surface area contributed by atoms with E-state index in [-0.39, 0.29) is 0 Å². The highest BCUT2D eigenvalue weighted by Crippen LogP contribution is 2.45. The average molecular weight is 784 g/mol. The largest absolute Gasteiger partial charge is 0.309 e. The lowest BCUT2D eigenvalue weighted by molar-refractivity contribution is 1.09. The fraction of sp³-hybridized carbons (Fsp3) is 0.0357. The van der Waals surface area contributed by atoms with E-state index in [0.29, 0.717) is 0 Å². The third-order valence-electron chi connectivity index (χ3n) is 12.1. The number of fused-ring (bicyclic) bond motifs is 8. The standard InChI is InChI=1S/C56H37N3S/c1-2-15-36(16-3-1)38-21-12-22-41(33-38)48-27-14-28-49(58-56(57-48)44-26-13-20-37-17-6-7-23-42(37)44)45-31-32-51(54-46-25-9-11-30-53(46)60-55(45)54)59-50-29-10-8-24-43(50)47-34-39-18-4-5-19-40(39)35-52(47)59/h1-13,15-26,28-35H,14,27H2. The second-order valence-corrected chi connectivity index (χ2v) is 16.7. The maximum absolute atomic E-state index is 5.62. The molecule has 12 rings (SSSR count). The second-order valence-electron chi connectivity index (χ2n) is 15.6. The van der Waals surface area contributed by atoms with E-state index < -0.39 is 0 Å². The number of amidine groups is 1. The van der Waals surface area contributed by atoms with Crippen LogP contribution < -0.4 is 0 Å². The normalized spacial score (nSPS) is 13.5. The second kappa shape index (κ2) is 14.2. The van der Waals surface area contributed by atoms with E-state index in [4.69, 9.17) is 9.98 Å². The lowest BCUT2D eigenvalue weighted by Crippen LogP contribution is -2.10. The number of hydrogen-bond donors (Lipinski definition) is 0. The summed E-state index contributed by atoms with van der Waals surface area (Å²) in [5, 5.41) is 9.81. The van der Waals surface area contributed by atoms with Crippen LogP contribution in [0.3, 0.4) is 0 Å². The molecule has 2 aromatic heterocycles. The predicted molar refractivity (Wildman–Crippen MR) is 257 cm³/mol. The molecule has 0 unspecified atom stereocenters. The first-order valence-corrected chi connectivity index (χ1v) is 21.4. The molecule has 0 atom stereocenters. The van der Waals surface area contributed by atoms with E-state index in [0.717, 1.165) is 52.2 Å². The average Bonchev–Trinajstić information content (AvgIpc) is 3.84. The Morgan fingerprint density at radius 3 is 2.02 bits per heavy atom. The number of rotatable bonds is 5. The van der Waals surface area contributed by atoms with Crippen LogP contribution in [0.5, 0.6) is 0 Å². The maximum Gasteiger partial charge on any atom is 0.160 e. The number of thiophene rings is 1. The number of nitrogens with zero attached hydrogens (tertiary/aromatic N) is 3. The van der Waals surface area contributed by atoms with Crippen LogP contribution in [-0.4, -0.2) is 16.1 Å². The van der Waals surface area contributed by atoms with Crippen LogP contribution in [-0.2, 0) is 0 Å². The zero-order valence-electron chi connectivity index (χ0n) is 32.7. The monoisotopic (exact) mass is 783 g/mol. The number of para-hydroxylation sites is 1. The number of benzene rings is 9. The Morgan fingerprint density at radius 2 is 1.13 bits per heavy atom.